The van der Waals surface area contributed by atoms with Crippen molar-refractivity contribution in [2.75, 3.05) is 10.6 Å². The van der Waals surface area contributed by atoms with Gasteiger partial charge in [-0.15, -0.1) is 11.8 Å². The molecule has 0 aliphatic rings. The van der Waals surface area contributed by atoms with E-state index in [4.69, 9.17) is 0 Å². The number of amides is 3. The fraction of sp³-hybridized carbons (Fsp3) is 0.0833. The average Bonchev–Trinajstić information content (AvgIpc) is 3.01. The Hall–Kier alpha value is -5.14. The van der Waals surface area contributed by atoms with E-state index in [1.807, 2.05) is 105 Å². The first kappa shape index (κ1) is 29.4. The smallest absolute Gasteiger partial charge is 0.272 e. The number of hydrogen-bond acceptors (Lipinski definition) is 4. The lowest BCUT2D eigenvalue weighted by Crippen LogP contribution is -2.30. The minimum Gasteiger partial charge on any atom is -0.325 e. The van der Waals surface area contributed by atoms with Crippen LogP contribution in [0.5, 0.6) is 0 Å². The van der Waals surface area contributed by atoms with E-state index in [1.165, 1.54) is 11.8 Å². The van der Waals surface area contributed by atoms with Crippen molar-refractivity contribution < 1.29 is 14.4 Å². The molecule has 0 saturated carbocycles. The summed E-state index contributed by atoms with van der Waals surface area (Å²) in [7, 11) is 0. The lowest BCUT2D eigenvalue weighted by atomic mass is 10.1. The number of aryl methyl sites for hydroxylation is 1. The first-order valence-corrected chi connectivity index (χ1v) is 14.8. The molecule has 3 amide bonds. The van der Waals surface area contributed by atoms with Gasteiger partial charge in [-0.3, -0.25) is 14.4 Å². The topological polar surface area (TPSA) is 87.3 Å². The zero-order valence-corrected chi connectivity index (χ0v) is 24.7. The summed E-state index contributed by atoms with van der Waals surface area (Å²) in [5, 5.41) is 10.4. The van der Waals surface area contributed by atoms with Crippen LogP contribution in [0.3, 0.4) is 0 Å². The second-order valence-corrected chi connectivity index (χ2v) is 11.5. The average molecular weight is 586 g/mol. The van der Waals surface area contributed by atoms with Gasteiger partial charge < -0.3 is 16.0 Å². The molecular formula is C36H31N3O3S. The van der Waals surface area contributed by atoms with Crippen molar-refractivity contribution in [3.05, 3.63) is 144 Å². The quantitative estimate of drug-likeness (QED) is 0.122. The third-order valence-electron chi connectivity index (χ3n) is 6.70. The molecule has 6 nitrogen and oxygen atoms in total. The second kappa shape index (κ2) is 13.7. The maximum Gasteiger partial charge on any atom is 0.272 e. The summed E-state index contributed by atoms with van der Waals surface area (Å²) in [6.07, 6.45) is 1.65. The Morgan fingerprint density at radius 1 is 0.744 bits per heavy atom. The molecule has 5 rings (SSSR count). The molecule has 3 N–H and O–H groups in total. The normalized spacial score (nSPS) is 11.9. The number of nitrogens with one attached hydrogen (secondary N) is 3. The summed E-state index contributed by atoms with van der Waals surface area (Å²) < 4.78 is 0. The van der Waals surface area contributed by atoms with Gasteiger partial charge in [-0.25, -0.2) is 0 Å². The van der Waals surface area contributed by atoms with Crippen LogP contribution in [-0.2, 0) is 9.59 Å². The van der Waals surface area contributed by atoms with Gasteiger partial charge in [0, 0.05) is 27.2 Å². The van der Waals surface area contributed by atoms with Gasteiger partial charge in [0.2, 0.25) is 5.91 Å². The molecule has 0 aliphatic heterocycles. The predicted octanol–water partition coefficient (Wildman–Crippen LogP) is 7.68. The zero-order chi connectivity index (χ0) is 30.2. The zero-order valence-electron chi connectivity index (χ0n) is 23.8. The third-order valence-corrected chi connectivity index (χ3v) is 7.80. The number of benzene rings is 5. The van der Waals surface area contributed by atoms with E-state index >= 15 is 0 Å². The second-order valence-electron chi connectivity index (χ2n) is 10.1. The maximum absolute atomic E-state index is 13.5. The van der Waals surface area contributed by atoms with Crippen LogP contribution in [0.4, 0.5) is 11.4 Å². The van der Waals surface area contributed by atoms with E-state index in [9.17, 15) is 14.4 Å². The van der Waals surface area contributed by atoms with E-state index in [0.29, 0.717) is 11.3 Å². The SMILES string of the molecule is Cc1cccc(/C=C(/NC(=O)c2ccccc2)C(=O)Nc2cccc(SC(C)C(=O)Nc3cccc4ccccc34)c2)c1. The molecule has 0 saturated heterocycles. The lowest BCUT2D eigenvalue weighted by Gasteiger charge is -2.15. The van der Waals surface area contributed by atoms with E-state index < -0.39 is 11.2 Å². The molecule has 43 heavy (non-hydrogen) atoms. The predicted molar refractivity (Wildman–Crippen MR) is 176 cm³/mol. The van der Waals surface area contributed by atoms with Crippen LogP contribution in [0, 0.1) is 6.92 Å². The number of thioether (sulfide) groups is 1. The van der Waals surface area contributed by atoms with Gasteiger partial charge in [0.15, 0.2) is 0 Å². The van der Waals surface area contributed by atoms with Gasteiger partial charge in [0.1, 0.15) is 5.70 Å². The largest absolute Gasteiger partial charge is 0.325 e. The van der Waals surface area contributed by atoms with Crippen molar-refractivity contribution in [1.29, 1.82) is 0 Å². The Morgan fingerprint density at radius 2 is 1.47 bits per heavy atom. The highest BCUT2D eigenvalue weighted by atomic mass is 32.2. The Balaban J connectivity index is 1.29. The number of carbonyl (C=O) groups excluding carboxylic acids is 3. The fourth-order valence-corrected chi connectivity index (χ4v) is 5.47. The monoisotopic (exact) mass is 585 g/mol. The van der Waals surface area contributed by atoms with E-state index in [1.54, 1.807) is 36.4 Å². The highest BCUT2D eigenvalue weighted by Gasteiger charge is 2.18. The Kier molecular flexibility index (Phi) is 9.34. The molecule has 0 radical (unpaired) electrons. The van der Waals surface area contributed by atoms with Crippen LogP contribution < -0.4 is 16.0 Å². The maximum atomic E-state index is 13.5. The number of rotatable bonds is 9. The molecule has 7 heteroatoms. The molecule has 0 bridgehead atoms. The van der Waals surface area contributed by atoms with Crippen LogP contribution in [0.1, 0.15) is 28.4 Å². The molecule has 5 aromatic carbocycles. The Bertz CT molecular complexity index is 1810. The van der Waals surface area contributed by atoms with Crippen LogP contribution >= 0.6 is 11.8 Å². The van der Waals surface area contributed by atoms with Gasteiger partial charge in [0.05, 0.1) is 5.25 Å². The van der Waals surface area contributed by atoms with Crippen molar-refractivity contribution >= 4 is 57.7 Å². The first-order valence-electron chi connectivity index (χ1n) is 13.9. The first-order chi connectivity index (χ1) is 20.9. The molecule has 1 unspecified atom stereocenters. The molecule has 0 heterocycles. The minimum atomic E-state index is -0.463. The Morgan fingerprint density at radius 3 is 2.28 bits per heavy atom. The number of anilines is 2. The van der Waals surface area contributed by atoms with Crippen molar-refractivity contribution in [3.8, 4) is 0 Å². The minimum absolute atomic E-state index is 0.111. The van der Waals surface area contributed by atoms with Crippen molar-refractivity contribution in [1.82, 2.24) is 5.32 Å². The molecule has 0 aromatic heterocycles. The highest BCUT2D eigenvalue weighted by molar-refractivity contribution is 8.00. The summed E-state index contributed by atoms with van der Waals surface area (Å²) in [6, 6.07) is 37.4. The van der Waals surface area contributed by atoms with Crippen LogP contribution in [0.25, 0.3) is 16.8 Å². The van der Waals surface area contributed by atoms with Crippen molar-refractivity contribution in [3.63, 3.8) is 0 Å². The summed E-state index contributed by atoms with van der Waals surface area (Å²) >= 11 is 1.39. The summed E-state index contributed by atoms with van der Waals surface area (Å²) in [6.45, 7) is 3.81. The van der Waals surface area contributed by atoms with Gasteiger partial charge in [-0.1, -0.05) is 90.5 Å². The van der Waals surface area contributed by atoms with Crippen molar-refractivity contribution in [2.45, 2.75) is 24.0 Å². The van der Waals surface area contributed by atoms with Gasteiger partial charge in [0.25, 0.3) is 11.8 Å². The van der Waals surface area contributed by atoms with E-state index in [0.717, 1.165) is 32.5 Å². The molecule has 0 fully saturated rings. The Labute approximate surface area is 255 Å². The van der Waals surface area contributed by atoms with Gasteiger partial charge in [-0.05, 0) is 67.3 Å². The molecule has 0 aliphatic carbocycles. The van der Waals surface area contributed by atoms with Crippen LogP contribution in [0.15, 0.2) is 132 Å². The molecule has 1 atom stereocenters. The summed E-state index contributed by atoms with van der Waals surface area (Å²) in [5.74, 6) is -0.970. The number of hydrogen-bond donors (Lipinski definition) is 3. The number of fused-ring (bicyclic) bond motifs is 1. The van der Waals surface area contributed by atoms with Crippen LogP contribution in [0.2, 0.25) is 0 Å². The fourth-order valence-electron chi connectivity index (χ4n) is 4.54. The van der Waals surface area contributed by atoms with Gasteiger partial charge >= 0.3 is 0 Å². The molecule has 5 aromatic rings. The lowest BCUT2D eigenvalue weighted by molar-refractivity contribution is -0.115. The van der Waals surface area contributed by atoms with E-state index in [-0.39, 0.29) is 17.5 Å². The standard InChI is InChI=1S/C36H31N3O3S/c1-24-11-8-12-26(21-24)22-33(39-35(41)28-14-4-3-5-15-28)36(42)37-29-17-10-18-30(23-29)43-25(2)34(40)38-32-20-9-16-27-13-6-7-19-31(27)32/h3-23,25H,1-2H3,(H,37,42)(H,38,40)(H,39,41)/b33-22+. The number of carbonyl (C=O) groups is 3. The third kappa shape index (κ3) is 7.78. The molecular weight excluding hydrogens is 554 g/mol. The summed E-state index contributed by atoms with van der Waals surface area (Å²) in [4.78, 5) is 40.3. The van der Waals surface area contributed by atoms with E-state index in [2.05, 4.69) is 16.0 Å². The molecule has 0 spiro atoms. The highest BCUT2D eigenvalue weighted by Crippen LogP contribution is 2.28. The van der Waals surface area contributed by atoms with Gasteiger partial charge in [-0.2, -0.15) is 0 Å². The summed E-state index contributed by atoms with van der Waals surface area (Å²) in [5.41, 5.74) is 3.68. The van der Waals surface area contributed by atoms with Crippen molar-refractivity contribution in [2.24, 2.45) is 0 Å². The molecule has 214 valence electrons. The van der Waals surface area contributed by atoms with Crippen LogP contribution in [-0.4, -0.2) is 23.0 Å².